The molecule has 1 heterocycles. The highest BCUT2D eigenvalue weighted by Gasteiger charge is 2.19. The number of rotatable bonds is 4. The van der Waals surface area contributed by atoms with Gasteiger partial charge in [0.2, 0.25) is 5.91 Å². The molecule has 82 valence electrons. The molecule has 1 atom stereocenters. The zero-order chi connectivity index (χ0) is 11.4. The summed E-state index contributed by atoms with van der Waals surface area (Å²) in [5.74, 6) is -1.32. The van der Waals surface area contributed by atoms with Crippen LogP contribution in [0.3, 0.4) is 0 Å². The first-order valence-corrected chi connectivity index (χ1v) is 5.41. The first kappa shape index (κ1) is 11.7. The van der Waals surface area contributed by atoms with Gasteiger partial charge in [-0.3, -0.25) is 4.79 Å². The number of aliphatic carboxylic acids is 1. The molecule has 1 aromatic rings. The molecule has 0 aliphatic rings. The summed E-state index contributed by atoms with van der Waals surface area (Å²) in [6.07, 6.45) is 0.346. The summed E-state index contributed by atoms with van der Waals surface area (Å²) < 4.78 is 0. The smallest absolute Gasteiger partial charge is 0.326 e. The molecule has 4 nitrogen and oxygen atoms in total. The van der Waals surface area contributed by atoms with Gasteiger partial charge in [-0.25, -0.2) is 4.79 Å². The van der Waals surface area contributed by atoms with E-state index in [1.54, 1.807) is 0 Å². The first-order chi connectivity index (χ1) is 7.00. The SMILES string of the molecule is CC(=O)NC(Cc1sccc1C)C(=O)O. The molecule has 0 aliphatic heterocycles. The summed E-state index contributed by atoms with van der Waals surface area (Å²) in [6.45, 7) is 3.25. The Morgan fingerprint density at radius 1 is 1.60 bits per heavy atom. The fraction of sp³-hybridized carbons (Fsp3) is 0.400. The number of thiophene rings is 1. The van der Waals surface area contributed by atoms with Gasteiger partial charge in [-0.15, -0.1) is 11.3 Å². The molecule has 1 unspecified atom stereocenters. The van der Waals surface area contributed by atoms with E-state index in [1.165, 1.54) is 18.3 Å². The Bertz CT molecular complexity index is 372. The number of nitrogens with one attached hydrogen (secondary N) is 1. The van der Waals surface area contributed by atoms with Gasteiger partial charge >= 0.3 is 5.97 Å². The lowest BCUT2D eigenvalue weighted by Crippen LogP contribution is -2.41. The number of carbonyl (C=O) groups excluding carboxylic acids is 1. The number of carboxylic acids is 1. The van der Waals surface area contributed by atoms with Gasteiger partial charge in [0.05, 0.1) is 0 Å². The van der Waals surface area contributed by atoms with Crippen LogP contribution in [-0.4, -0.2) is 23.0 Å². The third-order valence-electron chi connectivity index (χ3n) is 2.03. The van der Waals surface area contributed by atoms with Crippen molar-refractivity contribution in [1.82, 2.24) is 5.32 Å². The quantitative estimate of drug-likeness (QED) is 0.812. The van der Waals surface area contributed by atoms with Gasteiger partial charge in [-0.1, -0.05) is 0 Å². The normalized spacial score (nSPS) is 12.1. The lowest BCUT2D eigenvalue weighted by atomic mass is 10.1. The minimum atomic E-state index is -1.00. The summed E-state index contributed by atoms with van der Waals surface area (Å²) >= 11 is 1.51. The molecule has 0 bridgehead atoms. The van der Waals surface area contributed by atoms with Crippen molar-refractivity contribution in [2.45, 2.75) is 26.3 Å². The fourth-order valence-electron chi connectivity index (χ4n) is 1.24. The van der Waals surface area contributed by atoms with Gasteiger partial charge < -0.3 is 10.4 Å². The lowest BCUT2D eigenvalue weighted by Gasteiger charge is -2.12. The summed E-state index contributed by atoms with van der Waals surface area (Å²) in [5.41, 5.74) is 1.07. The van der Waals surface area contributed by atoms with Gasteiger partial charge in [-0.05, 0) is 23.9 Å². The molecule has 0 radical (unpaired) electrons. The Hall–Kier alpha value is -1.36. The molecule has 0 saturated heterocycles. The summed E-state index contributed by atoms with van der Waals surface area (Å²) in [7, 11) is 0. The van der Waals surface area contributed by atoms with Gasteiger partial charge in [0.15, 0.2) is 0 Å². The number of amides is 1. The molecule has 1 aromatic heterocycles. The van der Waals surface area contributed by atoms with Crippen LogP contribution in [0.25, 0.3) is 0 Å². The standard InChI is InChI=1S/C10H13NO3S/c1-6-3-4-15-9(6)5-8(10(13)14)11-7(2)12/h3-4,8H,5H2,1-2H3,(H,11,12)(H,13,14). The number of hydrogen-bond donors (Lipinski definition) is 2. The molecule has 0 fully saturated rings. The van der Waals surface area contributed by atoms with Crippen LogP contribution in [0.5, 0.6) is 0 Å². The van der Waals surface area contributed by atoms with Crippen molar-refractivity contribution < 1.29 is 14.7 Å². The summed E-state index contributed by atoms with van der Waals surface area (Å²) in [5, 5.41) is 13.2. The second kappa shape index (κ2) is 4.93. The maximum absolute atomic E-state index is 10.9. The average Bonchev–Trinajstić information content (AvgIpc) is 2.50. The summed E-state index contributed by atoms with van der Waals surface area (Å²) in [4.78, 5) is 22.7. The highest BCUT2D eigenvalue weighted by Crippen LogP contribution is 2.17. The van der Waals surface area contributed by atoms with E-state index in [2.05, 4.69) is 5.32 Å². The average molecular weight is 227 g/mol. The van der Waals surface area contributed by atoms with Crippen LogP contribution in [0.15, 0.2) is 11.4 Å². The van der Waals surface area contributed by atoms with E-state index >= 15 is 0 Å². The Kier molecular flexibility index (Phi) is 3.85. The topological polar surface area (TPSA) is 66.4 Å². The van der Waals surface area contributed by atoms with Crippen LogP contribution in [-0.2, 0) is 16.0 Å². The van der Waals surface area contributed by atoms with Crippen molar-refractivity contribution in [3.05, 3.63) is 21.9 Å². The van der Waals surface area contributed by atoms with E-state index in [1.807, 2.05) is 18.4 Å². The van der Waals surface area contributed by atoms with Crippen molar-refractivity contribution in [2.75, 3.05) is 0 Å². The Balaban J connectivity index is 2.71. The van der Waals surface area contributed by atoms with Crippen molar-refractivity contribution in [1.29, 1.82) is 0 Å². The Morgan fingerprint density at radius 2 is 2.27 bits per heavy atom. The Morgan fingerprint density at radius 3 is 2.67 bits per heavy atom. The minimum Gasteiger partial charge on any atom is -0.480 e. The molecule has 0 saturated carbocycles. The molecule has 2 N–H and O–H groups in total. The van der Waals surface area contributed by atoms with E-state index in [0.29, 0.717) is 6.42 Å². The molecule has 0 aliphatic carbocycles. The molecule has 0 aromatic carbocycles. The molecule has 1 rings (SSSR count). The van der Waals surface area contributed by atoms with E-state index in [-0.39, 0.29) is 5.91 Å². The predicted molar refractivity (Wildman–Crippen MR) is 58.0 cm³/mol. The van der Waals surface area contributed by atoms with Crippen molar-refractivity contribution in [3.63, 3.8) is 0 Å². The van der Waals surface area contributed by atoms with Crippen molar-refractivity contribution in [2.24, 2.45) is 0 Å². The highest BCUT2D eigenvalue weighted by atomic mass is 32.1. The number of aryl methyl sites for hydroxylation is 1. The van der Waals surface area contributed by atoms with E-state index in [4.69, 9.17) is 5.11 Å². The zero-order valence-corrected chi connectivity index (χ0v) is 9.43. The van der Waals surface area contributed by atoms with Gasteiger partial charge in [0.1, 0.15) is 6.04 Å². The minimum absolute atomic E-state index is 0.323. The van der Waals surface area contributed by atoms with Gasteiger partial charge in [0, 0.05) is 18.2 Å². The van der Waals surface area contributed by atoms with E-state index in [9.17, 15) is 9.59 Å². The second-order valence-electron chi connectivity index (χ2n) is 3.32. The molecule has 15 heavy (non-hydrogen) atoms. The molecule has 0 spiro atoms. The maximum atomic E-state index is 10.9. The lowest BCUT2D eigenvalue weighted by molar-refractivity contribution is -0.141. The number of hydrogen-bond acceptors (Lipinski definition) is 3. The number of carboxylic acid groups (broad SMARTS) is 1. The maximum Gasteiger partial charge on any atom is 0.326 e. The molecule has 1 amide bonds. The second-order valence-corrected chi connectivity index (χ2v) is 4.32. The van der Waals surface area contributed by atoms with Gasteiger partial charge in [0.25, 0.3) is 0 Å². The van der Waals surface area contributed by atoms with Crippen LogP contribution in [0.2, 0.25) is 0 Å². The van der Waals surface area contributed by atoms with Crippen LogP contribution in [0.4, 0.5) is 0 Å². The fourth-order valence-corrected chi connectivity index (χ4v) is 2.20. The van der Waals surface area contributed by atoms with Crippen LogP contribution in [0.1, 0.15) is 17.4 Å². The largest absolute Gasteiger partial charge is 0.480 e. The third kappa shape index (κ3) is 3.36. The zero-order valence-electron chi connectivity index (χ0n) is 8.61. The number of carbonyl (C=O) groups is 2. The Labute approximate surface area is 91.9 Å². The predicted octanol–water partition coefficient (Wildman–Crippen LogP) is 1.19. The highest BCUT2D eigenvalue weighted by molar-refractivity contribution is 7.10. The van der Waals surface area contributed by atoms with Crippen LogP contribution in [0, 0.1) is 6.92 Å². The molecular formula is C10H13NO3S. The molecular weight excluding hydrogens is 214 g/mol. The summed E-state index contributed by atoms with van der Waals surface area (Å²) in [6, 6.07) is 1.10. The molecule has 5 heteroatoms. The first-order valence-electron chi connectivity index (χ1n) is 4.53. The van der Waals surface area contributed by atoms with Crippen LogP contribution >= 0.6 is 11.3 Å². The van der Waals surface area contributed by atoms with Gasteiger partial charge in [-0.2, -0.15) is 0 Å². The van der Waals surface area contributed by atoms with Crippen LogP contribution < -0.4 is 5.32 Å². The van der Waals surface area contributed by atoms with Crippen molar-refractivity contribution in [3.8, 4) is 0 Å². The van der Waals surface area contributed by atoms with E-state index in [0.717, 1.165) is 10.4 Å². The van der Waals surface area contributed by atoms with E-state index < -0.39 is 12.0 Å². The van der Waals surface area contributed by atoms with Crippen molar-refractivity contribution >= 4 is 23.2 Å². The monoisotopic (exact) mass is 227 g/mol. The third-order valence-corrected chi connectivity index (χ3v) is 3.08.